The quantitative estimate of drug-likeness (QED) is 0.293. The van der Waals surface area contributed by atoms with E-state index in [0.717, 1.165) is 6.34 Å². The summed E-state index contributed by atoms with van der Waals surface area (Å²) in [7, 11) is 0. The van der Waals surface area contributed by atoms with Gasteiger partial charge in [0.05, 0.1) is 6.17 Å². The number of nitrogens with two attached hydrogens (primary N) is 1. The van der Waals surface area contributed by atoms with Gasteiger partial charge in [0.15, 0.2) is 0 Å². The Balaban J connectivity index is 3.25. The van der Waals surface area contributed by atoms with Crippen molar-refractivity contribution in [2.24, 2.45) is 15.8 Å². The third kappa shape index (κ3) is 5.23. The fraction of sp³-hybridized carbons (Fsp3) is 0.667. The average Bonchev–Trinajstić information content (AvgIpc) is 1.61. The summed E-state index contributed by atoms with van der Waals surface area (Å²) in [5.41, 5.74) is 11.4. The van der Waals surface area contributed by atoms with Crippen molar-refractivity contribution in [2.75, 3.05) is 0 Å². The lowest BCUT2D eigenvalue weighted by Crippen LogP contribution is -2.10. The van der Waals surface area contributed by atoms with Crippen LogP contribution in [-0.4, -0.2) is 12.5 Å². The van der Waals surface area contributed by atoms with Crippen LogP contribution in [0.15, 0.2) is 10.1 Å². The molecule has 0 aliphatic rings. The van der Waals surface area contributed by atoms with E-state index in [1.54, 1.807) is 6.92 Å². The van der Waals surface area contributed by atoms with Gasteiger partial charge in [-0.2, -0.15) is 0 Å². The molecule has 1 atom stereocenters. The standard InChI is InChI=1S/C3H8N4/c1-3(4)6-2-7-5/h2-3,5H,4H2,1H3/b6-2-,7-5?. The SMILES string of the molecule is CC(N)/N=C\N=N. The minimum absolute atomic E-state index is 0.242. The van der Waals surface area contributed by atoms with E-state index in [2.05, 4.69) is 10.1 Å². The maximum absolute atomic E-state index is 6.22. The molecule has 0 aromatic rings. The van der Waals surface area contributed by atoms with E-state index in [1.807, 2.05) is 0 Å². The summed E-state index contributed by atoms with van der Waals surface area (Å²) >= 11 is 0. The highest BCUT2D eigenvalue weighted by molar-refractivity contribution is 5.53. The smallest absolute Gasteiger partial charge is 0.133 e. The molecular weight excluding hydrogens is 92.1 g/mol. The van der Waals surface area contributed by atoms with E-state index in [9.17, 15) is 0 Å². The van der Waals surface area contributed by atoms with Gasteiger partial charge in [0, 0.05) is 0 Å². The maximum Gasteiger partial charge on any atom is 0.133 e. The van der Waals surface area contributed by atoms with Crippen LogP contribution in [-0.2, 0) is 0 Å². The molecule has 0 aliphatic carbocycles. The first kappa shape index (κ1) is 6.23. The van der Waals surface area contributed by atoms with Gasteiger partial charge in [-0.1, -0.05) is 0 Å². The number of nitrogens with zero attached hydrogens (tertiary/aromatic N) is 2. The Labute approximate surface area is 41.9 Å². The van der Waals surface area contributed by atoms with Crippen LogP contribution >= 0.6 is 0 Å². The molecule has 1 unspecified atom stereocenters. The zero-order valence-corrected chi connectivity index (χ0v) is 4.13. The third-order valence-electron chi connectivity index (χ3n) is 0.360. The number of aliphatic imine (C=N–C) groups is 1. The summed E-state index contributed by atoms with van der Waals surface area (Å²) in [6.45, 7) is 1.71. The summed E-state index contributed by atoms with van der Waals surface area (Å²) in [6, 6.07) is 0. The van der Waals surface area contributed by atoms with Crippen molar-refractivity contribution in [1.29, 1.82) is 5.53 Å². The van der Waals surface area contributed by atoms with Gasteiger partial charge >= 0.3 is 0 Å². The second-order valence-corrected chi connectivity index (χ2v) is 1.13. The Morgan fingerprint density at radius 2 is 2.43 bits per heavy atom. The maximum atomic E-state index is 6.22. The number of hydrogen-bond acceptors (Lipinski definition) is 3. The molecule has 0 saturated heterocycles. The normalized spacial score (nSPS) is 14.6. The van der Waals surface area contributed by atoms with Gasteiger partial charge < -0.3 is 5.73 Å². The van der Waals surface area contributed by atoms with Crippen LogP contribution in [0.4, 0.5) is 0 Å². The predicted octanol–water partition coefficient (Wildman–Crippen LogP) is 0.350. The van der Waals surface area contributed by atoms with E-state index >= 15 is 0 Å². The topological polar surface area (TPSA) is 74.6 Å². The molecule has 0 aromatic carbocycles. The first-order valence-electron chi connectivity index (χ1n) is 1.91. The number of rotatable bonds is 2. The Hall–Kier alpha value is -0.770. The monoisotopic (exact) mass is 100 g/mol. The molecule has 0 radical (unpaired) electrons. The molecule has 0 spiro atoms. The average molecular weight is 100 g/mol. The van der Waals surface area contributed by atoms with Gasteiger partial charge in [-0.05, 0) is 6.92 Å². The number of hydrogen-bond donors (Lipinski definition) is 2. The van der Waals surface area contributed by atoms with E-state index < -0.39 is 0 Å². The second kappa shape index (κ2) is 3.42. The fourth-order valence-corrected chi connectivity index (χ4v) is 0.138. The Morgan fingerprint density at radius 1 is 1.86 bits per heavy atom. The Morgan fingerprint density at radius 3 is 2.57 bits per heavy atom. The second-order valence-electron chi connectivity index (χ2n) is 1.13. The summed E-state index contributed by atoms with van der Waals surface area (Å²) < 4.78 is 0. The molecule has 40 valence electrons. The molecule has 3 N–H and O–H groups in total. The van der Waals surface area contributed by atoms with E-state index in [-0.39, 0.29) is 6.17 Å². The van der Waals surface area contributed by atoms with Crippen LogP contribution in [0.3, 0.4) is 0 Å². The van der Waals surface area contributed by atoms with Gasteiger partial charge in [0.2, 0.25) is 0 Å². The van der Waals surface area contributed by atoms with Crippen molar-refractivity contribution in [3.05, 3.63) is 0 Å². The third-order valence-corrected chi connectivity index (χ3v) is 0.360. The summed E-state index contributed by atoms with van der Waals surface area (Å²) in [5.74, 6) is 0. The van der Waals surface area contributed by atoms with Gasteiger partial charge in [-0.25, -0.2) is 5.53 Å². The molecule has 4 heteroatoms. The van der Waals surface area contributed by atoms with Gasteiger partial charge in [-0.3, -0.25) is 4.99 Å². The van der Waals surface area contributed by atoms with Crippen LogP contribution < -0.4 is 5.73 Å². The minimum atomic E-state index is -0.242. The van der Waals surface area contributed by atoms with E-state index in [4.69, 9.17) is 11.3 Å². The van der Waals surface area contributed by atoms with Crippen molar-refractivity contribution in [3.8, 4) is 0 Å². The Kier molecular flexibility index (Phi) is 3.04. The number of nitrogens with one attached hydrogen (secondary N) is 1. The van der Waals surface area contributed by atoms with Crippen LogP contribution in [0.25, 0.3) is 0 Å². The zero-order chi connectivity index (χ0) is 5.70. The molecule has 0 saturated carbocycles. The molecule has 0 aromatic heterocycles. The van der Waals surface area contributed by atoms with Crippen molar-refractivity contribution < 1.29 is 0 Å². The molecule has 0 aliphatic heterocycles. The summed E-state index contributed by atoms with van der Waals surface area (Å²) in [6.07, 6.45) is 0.874. The first-order valence-corrected chi connectivity index (χ1v) is 1.91. The molecule has 0 amide bonds. The molecule has 0 rings (SSSR count). The molecule has 7 heavy (non-hydrogen) atoms. The molecular formula is C3H8N4. The molecule has 4 nitrogen and oxygen atoms in total. The lowest BCUT2D eigenvalue weighted by molar-refractivity contribution is 0.794. The largest absolute Gasteiger partial charge is 0.310 e. The summed E-state index contributed by atoms with van der Waals surface area (Å²) in [4.78, 5) is 3.54. The molecule has 0 bridgehead atoms. The van der Waals surface area contributed by atoms with Crippen molar-refractivity contribution in [3.63, 3.8) is 0 Å². The molecule has 0 heterocycles. The molecule has 0 fully saturated rings. The van der Waals surface area contributed by atoms with Crippen LogP contribution in [0.1, 0.15) is 6.92 Å². The lowest BCUT2D eigenvalue weighted by atomic mass is 10.6. The zero-order valence-electron chi connectivity index (χ0n) is 4.13. The first-order chi connectivity index (χ1) is 3.27. The van der Waals surface area contributed by atoms with Crippen LogP contribution in [0, 0.1) is 5.53 Å². The van der Waals surface area contributed by atoms with Crippen LogP contribution in [0.5, 0.6) is 0 Å². The fourth-order valence-electron chi connectivity index (χ4n) is 0.138. The van der Waals surface area contributed by atoms with Gasteiger partial charge in [-0.15, -0.1) is 5.11 Å². The highest BCUT2D eigenvalue weighted by Crippen LogP contribution is 1.71. The predicted molar refractivity (Wildman–Crippen MR) is 27.3 cm³/mol. The minimum Gasteiger partial charge on any atom is -0.310 e. The van der Waals surface area contributed by atoms with Crippen molar-refractivity contribution >= 4 is 6.34 Å². The van der Waals surface area contributed by atoms with Gasteiger partial charge in [0.1, 0.15) is 6.34 Å². The highest BCUT2D eigenvalue weighted by atomic mass is 15.0. The van der Waals surface area contributed by atoms with Crippen molar-refractivity contribution in [2.45, 2.75) is 13.1 Å². The highest BCUT2D eigenvalue weighted by Gasteiger charge is 1.78. The van der Waals surface area contributed by atoms with Crippen molar-refractivity contribution in [1.82, 2.24) is 0 Å². The van der Waals surface area contributed by atoms with Crippen LogP contribution in [0.2, 0.25) is 0 Å². The Bertz CT molecular complexity index is 75.0. The van der Waals surface area contributed by atoms with E-state index in [1.165, 1.54) is 0 Å². The van der Waals surface area contributed by atoms with Gasteiger partial charge in [0.25, 0.3) is 0 Å². The summed E-state index contributed by atoms with van der Waals surface area (Å²) in [5, 5.41) is 2.85. The van der Waals surface area contributed by atoms with E-state index in [0.29, 0.717) is 0 Å². The lowest BCUT2D eigenvalue weighted by Gasteiger charge is -1.88.